The van der Waals surface area contributed by atoms with Crippen LogP contribution in [0.25, 0.3) is 0 Å². The summed E-state index contributed by atoms with van der Waals surface area (Å²) in [6.45, 7) is 12.1. The Balaban J connectivity index is 1.67. The minimum absolute atomic E-state index is 0.101. The second kappa shape index (κ2) is 12.8. The fourth-order valence-electron chi connectivity index (χ4n) is 5.73. The van der Waals surface area contributed by atoms with Gasteiger partial charge in [0.2, 0.25) is 5.79 Å². The highest BCUT2D eigenvalue weighted by Crippen LogP contribution is 2.48. The SMILES string of the molecule is CC(=O)OCC1=C[C@]2(C=C(C)C[C@@H](C=C(C)CCC=C(C)C)O2)O[C@@H]2[C@@H](Sc3ccccc3)[C@H](C)C(=O)C[C@H]12. The van der Waals surface area contributed by atoms with Crippen LogP contribution in [0, 0.1) is 11.8 Å². The van der Waals surface area contributed by atoms with Crippen LogP contribution in [0.3, 0.4) is 0 Å². The Morgan fingerprint density at radius 1 is 1.10 bits per heavy atom. The van der Waals surface area contributed by atoms with Gasteiger partial charge in [-0.15, -0.1) is 11.8 Å². The fourth-order valence-corrected chi connectivity index (χ4v) is 7.09. The lowest BCUT2D eigenvalue weighted by molar-refractivity contribution is -0.238. The van der Waals surface area contributed by atoms with Gasteiger partial charge in [-0.3, -0.25) is 9.59 Å². The summed E-state index contributed by atoms with van der Waals surface area (Å²) in [7, 11) is 0. The Bertz CT molecular complexity index is 1180. The molecule has 0 N–H and O–H groups in total. The third-order valence-corrected chi connectivity index (χ3v) is 9.14. The van der Waals surface area contributed by atoms with Crippen LogP contribution < -0.4 is 0 Å². The van der Waals surface area contributed by atoms with Crippen molar-refractivity contribution in [2.24, 2.45) is 11.8 Å². The smallest absolute Gasteiger partial charge is 0.302 e. The van der Waals surface area contributed by atoms with Crippen LogP contribution in [0.15, 0.2) is 81.8 Å². The van der Waals surface area contributed by atoms with E-state index in [1.165, 1.54) is 23.6 Å². The maximum Gasteiger partial charge on any atom is 0.302 e. The molecule has 4 rings (SSSR count). The first-order chi connectivity index (χ1) is 18.5. The van der Waals surface area contributed by atoms with Gasteiger partial charge in [-0.25, -0.2) is 0 Å². The van der Waals surface area contributed by atoms with Crippen LogP contribution in [0.5, 0.6) is 0 Å². The number of carbonyl (C=O) groups is 2. The second-order valence-electron chi connectivity index (χ2n) is 11.4. The van der Waals surface area contributed by atoms with Crippen molar-refractivity contribution in [3.8, 4) is 0 Å². The highest BCUT2D eigenvalue weighted by atomic mass is 32.2. The summed E-state index contributed by atoms with van der Waals surface area (Å²) in [5, 5.41) is -0.101. The molecule has 210 valence electrons. The van der Waals surface area contributed by atoms with Crippen LogP contribution in [0.4, 0.5) is 0 Å². The minimum Gasteiger partial charge on any atom is -0.461 e. The van der Waals surface area contributed by atoms with Crippen molar-refractivity contribution in [1.29, 1.82) is 0 Å². The molecule has 0 radical (unpaired) electrons. The van der Waals surface area contributed by atoms with Gasteiger partial charge >= 0.3 is 5.97 Å². The number of rotatable bonds is 8. The number of benzene rings is 1. The Labute approximate surface area is 237 Å². The number of esters is 1. The molecule has 6 atom stereocenters. The number of thioether (sulfide) groups is 1. The molecule has 0 aromatic heterocycles. The van der Waals surface area contributed by atoms with E-state index in [1.54, 1.807) is 11.8 Å². The van der Waals surface area contributed by atoms with Gasteiger partial charge in [0.1, 0.15) is 12.4 Å². The summed E-state index contributed by atoms with van der Waals surface area (Å²) in [5.74, 6) is -1.55. The Morgan fingerprint density at radius 3 is 2.54 bits per heavy atom. The number of carbonyl (C=O) groups excluding carboxylic acids is 2. The molecule has 1 aromatic rings. The zero-order chi connectivity index (χ0) is 28.2. The van der Waals surface area contributed by atoms with Gasteiger partial charge < -0.3 is 14.2 Å². The molecule has 0 unspecified atom stereocenters. The molecule has 0 bridgehead atoms. The van der Waals surface area contributed by atoms with Crippen molar-refractivity contribution >= 4 is 23.5 Å². The summed E-state index contributed by atoms with van der Waals surface area (Å²) in [4.78, 5) is 26.1. The van der Waals surface area contributed by atoms with Gasteiger partial charge in [0, 0.05) is 35.3 Å². The molecule has 1 aromatic carbocycles. The molecule has 0 amide bonds. The van der Waals surface area contributed by atoms with Crippen LogP contribution >= 0.6 is 11.8 Å². The van der Waals surface area contributed by atoms with E-state index in [1.807, 2.05) is 31.2 Å². The van der Waals surface area contributed by atoms with E-state index in [4.69, 9.17) is 14.2 Å². The number of Topliss-reactive ketones (excluding diaryl/α,β-unsaturated/α-hetero) is 1. The number of ketones is 1. The van der Waals surface area contributed by atoms with Gasteiger partial charge in [-0.2, -0.15) is 0 Å². The summed E-state index contributed by atoms with van der Waals surface area (Å²) in [6.07, 6.45) is 11.3. The lowest BCUT2D eigenvalue weighted by atomic mass is 9.73. The lowest BCUT2D eigenvalue weighted by Crippen LogP contribution is -2.56. The van der Waals surface area contributed by atoms with Crippen LogP contribution in [0.1, 0.15) is 67.2 Å². The first-order valence-electron chi connectivity index (χ1n) is 14.0. The molecule has 39 heavy (non-hydrogen) atoms. The lowest BCUT2D eigenvalue weighted by Gasteiger charge is -2.50. The van der Waals surface area contributed by atoms with Gasteiger partial charge in [0.05, 0.1) is 12.2 Å². The Kier molecular flexibility index (Phi) is 9.73. The van der Waals surface area contributed by atoms with E-state index in [2.05, 4.69) is 58.1 Å². The van der Waals surface area contributed by atoms with Crippen molar-refractivity contribution in [2.45, 2.75) is 95.4 Å². The van der Waals surface area contributed by atoms with Crippen molar-refractivity contribution in [3.63, 3.8) is 0 Å². The third kappa shape index (κ3) is 7.62. The average molecular weight is 551 g/mol. The second-order valence-corrected chi connectivity index (χ2v) is 12.7. The van der Waals surface area contributed by atoms with E-state index in [0.29, 0.717) is 6.42 Å². The Hall–Kier alpha value is -2.41. The number of hydrogen-bond acceptors (Lipinski definition) is 6. The summed E-state index contributed by atoms with van der Waals surface area (Å²) in [6, 6.07) is 10.2. The highest BCUT2D eigenvalue weighted by Gasteiger charge is 2.52. The molecule has 2 heterocycles. The van der Waals surface area contributed by atoms with Crippen molar-refractivity contribution in [2.75, 3.05) is 6.61 Å². The first kappa shape index (κ1) is 29.6. The summed E-state index contributed by atoms with van der Waals surface area (Å²) >= 11 is 1.68. The summed E-state index contributed by atoms with van der Waals surface area (Å²) < 4.78 is 19.1. The van der Waals surface area contributed by atoms with Gasteiger partial charge in [0.25, 0.3) is 0 Å². The van der Waals surface area contributed by atoms with Gasteiger partial charge in [-0.05, 0) is 76.8 Å². The minimum atomic E-state index is -1.07. The van der Waals surface area contributed by atoms with E-state index in [9.17, 15) is 9.59 Å². The molecule has 1 saturated carbocycles. The van der Waals surface area contributed by atoms with Crippen LogP contribution in [-0.4, -0.2) is 41.6 Å². The van der Waals surface area contributed by atoms with Crippen molar-refractivity contribution < 1.29 is 23.8 Å². The monoisotopic (exact) mass is 550 g/mol. The van der Waals surface area contributed by atoms with Crippen molar-refractivity contribution in [3.05, 3.63) is 76.9 Å². The maximum atomic E-state index is 13.2. The quantitative estimate of drug-likeness (QED) is 0.249. The predicted octanol–water partition coefficient (Wildman–Crippen LogP) is 7.38. The fraction of sp³-hybridized carbons (Fsp3) is 0.515. The first-order valence-corrected chi connectivity index (χ1v) is 14.9. The zero-order valence-electron chi connectivity index (χ0n) is 24.1. The molecule has 1 fully saturated rings. The standard InChI is InChI=1S/C33H42O5S/c1-21(2)11-10-12-22(3)15-27-16-23(4)18-33(37-27)19-26(20-36-25(6)34)29-17-30(35)24(5)32(31(29)38-33)39-28-13-8-7-9-14-28/h7-9,11,13-15,18-19,24,27,29,31-32H,10,12,16-17,20H2,1-6H3/t24-,27-,29-,31+,32+,33+/m1/s1. The normalized spacial score (nSPS) is 30.8. The van der Waals surface area contributed by atoms with E-state index in [0.717, 1.165) is 29.7 Å². The molecular formula is C33H42O5S. The average Bonchev–Trinajstić information content (AvgIpc) is 2.86. The predicted molar refractivity (Wildman–Crippen MR) is 156 cm³/mol. The van der Waals surface area contributed by atoms with Crippen LogP contribution in [0.2, 0.25) is 0 Å². The van der Waals surface area contributed by atoms with Gasteiger partial charge in [-0.1, -0.05) is 54.0 Å². The number of allylic oxidation sites excluding steroid dienone is 3. The third-order valence-electron chi connectivity index (χ3n) is 7.65. The zero-order valence-corrected chi connectivity index (χ0v) is 24.9. The molecule has 6 heteroatoms. The molecule has 0 saturated heterocycles. The van der Waals surface area contributed by atoms with E-state index < -0.39 is 5.79 Å². The molecule has 1 aliphatic carbocycles. The maximum absolute atomic E-state index is 13.2. The molecule has 1 spiro atoms. The molecular weight excluding hydrogens is 508 g/mol. The molecule has 5 nitrogen and oxygen atoms in total. The highest BCUT2D eigenvalue weighted by molar-refractivity contribution is 8.00. The topological polar surface area (TPSA) is 61.8 Å². The number of ether oxygens (including phenoxy) is 3. The van der Waals surface area contributed by atoms with Gasteiger partial charge in [0.15, 0.2) is 0 Å². The molecule has 2 aliphatic heterocycles. The largest absolute Gasteiger partial charge is 0.461 e. The number of fused-ring (bicyclic) bond motifs is 1. The summed E-state index contributed by atoms with van der Waals surface area (Å²) in [5.41, 5.74) is 4.70. The van der Waals surface area contributed by atoms with Crippen LogP contribution in [-0.2, 0) is 23.8 Å². The number of hydrogen-bond donors (Lipinski definition) is 0. The van der Waals surface area contributed by atoms with E-state index >= 15 is 0 Å². The molecule has 3 aliphatic rings. The van der Waals surface area contributed by atoms with E-state index in [-0.39, 0.29) is 47.7 Å². The Morgan fingerprint density at radius 2 is 1.85 bits per heavy atom. The van der Waals surface area contributed by atoms with Crippen molar-refractivity contribution in [1.82, 2.24) is 0 Å².